The normalized spacial score (nSPS) is 13.5. The maximum Gasteiger partial charge on any atom is 0.490 e. The van der Waals surface area contributed by atoms with Crippen LogP contribution in [0.25, 0.3) is 11.3 Å². The zero-order valence-corrected chi connectivity index (χ0v) is 12.7. The fourth-order valence-corrected chi connectivity index (χ4v) is 2.33. The van der Waals surface area contributed by atoms with Crippen LogP contribution in [0.5, 0.6) is 0 Å². The van der Waals surface area contributed by atoms with E-state index in [4.69, 9.17) is 15.3 Å². The Morgan fingerprint density at radius 2 is 1.83 bits per heavy atom. The van der Waals surface area contributed by atoms with Crippen molar-refractivity contribution in [1.82, 2.24) is 9.55 Å². The van der Waals surface area contributed by atoms with Crippen LogP contribution in [0.2, 0.25) is 0 Å². The van der Waals surface area contributed by atoms with Crippen LogP contribution in [-0.2, 0) is 17.8 Å². The van der Waals surface area contributed by atoms with Gasteiger partial charge >= 0.3 is 12.1 Å². The van der Waals surface area contributed by atoms with Crippen LogP contribution in [0.15, 0.2) is 36.4 Å². The molecule has 0 spiro atoms. The highest BCUT2D eigenvalue weighted by molar-refractivity contribution is 5.73. The van der Waals surface area contributed by atoms with Gasteiger partial charge in [0.05, 0.1) is 5.69 Å². The van der Waals surface area contributed by atoms with Gasteiger partial charge in [0, 0.05) is 24.6 Å². The van der Waals surface area contributed by atoms with Gasteiger partial charge in [-0.1, -0.05) is 30.3 Å². The topological polar surface area (TPSA) is 79.0 Å². The minimum atomic E-state index is -5.08. The first-order valence-electron chi connectivity index (χ1n) is 7.30. The van der Waals surface area contributed by atoms with Gasteiger partial charge in [-0.25, -0.2) is 9.78 Å². The molecule has 1 aromatic carbocycles. The Balaban J connectivity index is 0.000000256. The molecule has 0 saturated heterocycles. The molecule has 0 atom stereocenters. The lowest BCUT2D eigenvalue weighted by Gasteiger charge is -2.18. The number of carboxylic acids is 1. The highest BCUT2D eigenvalue weighted by atomic mass is 19.4. The first-order valence-corrected chi connectivity index (χ1v) is 7.30. The molecule has 128 valence electrons. The van der Waals surface area contributed by atoms with Gasteiger partial charge in [-0.05, 0) is 12.8 Å². The number of carboxylic acid groups (broad SMARTS) is 1. The second-order valence-electron chi connectivity index (χ2n) is 5.22. The fourth-order valence-electron chi connectivity index (χ4n) is 2.33. The van der Waals surface area contributed by atoms with Gasteiger partial charge in [0.1, 0.15) is 11.3 Å². The fraction of sp³-hybridized carbons (Fsp3) is 0.312. The minimum Gasteiger partial charge on any atom is -0.475 e. The van der Waals surface area contributed by atoms with Crippen LogP contribution in [0, 0.1) is 5.41 Å². The highest BCUT2D eigenvalue weighted by Crippen LogP contribution is 2.17. The van der Waals surface area contributed by atoms with Gasteiger partial charge in [0.25, 0.3) is 0 Å². The van der Waals surface area contributed by atoms with Crippen LogP contribution >= 0.6 is 0 Å². The maximum absolute atomic E-state index is 10.6. The van der Waals surface area contributed by atoms with Crippen LogP contribution in [0.1, 0.15) is 18.7 Å². The van der Waals surface area contributed by atoms with Crippen molar-refractivity contribution in [2.24, 2.45) is 0 Å². The lowest BCUT2D eigenvalue weighted by Crippen LogP contribution is -2.28. The highest BCUT2D eigenvalue weighted by Gasteiger charge is 2.38. The van der Waals surface area contributed by atoms with E-state index in [0.29, 0.717) is 5.49 Å². The van der Waals surface area contributed by atoms with E-state index in [1.807, 2.05) is 41.0 Å². The van der Waals surface area contributed by atoms with Crippen LogP contribution in [-0.4, -0.2) is 26.8 Å². The number of alkyl halides is 3. The number of aryl methyl sites for hydroxylation is 1. The molecule has 24 heavy (non-hydrogen) atoms. The number of aliphatic carboxylic acids is 1. The summed E-state index contributed by atoms with van der Waals surface area (Å²) in [7, 11) is 0. The summed E-state index contributed by atoms with van der Waals surface area (Å²) in [6.07, 6.45) is -1.74. The monoisotopic (exact) mass is 339 g/mol. The van der Waals surface area contributed by atoms with Crippen LogP contribution in [0.3, 0.4) is 0 Å². The third-order valence-electron chi connectivity index (χ3n) is 3.47. The first-order chi connectivity index (χ1) is 11.3. The molecule has 0 amide bonds. The number of halogens is 3. The summed E-state index contributed by atoms with van der Waals surface area (Å²) in [5, 5.41) is 15.2. The molecule has 3 rings (SSSR count). The van der Waals surface area contributed by atoms with Gasteiger partial charge in [0.2, 0.25) is 0 Å². The lowest BCUT2D eigenvalue weighted by molar-refractivity contribution is -0.192. The van der Waals surface area contributed by atoms with Gasteiger partial charge in [0.15, 0.2) is 0 Å². The number of benzene rings is 1. The molecule has 0 fully saturated rings. The maximum atomic E-state index is 10.6. The molecule has 0 saturated carbocycles. The van der Waals surface area contributed by atoms with Gasteiger partial charge in [-0.2, -0.15) is 13.2 Å². The molecule has 0 radical (unpaired) electrons. The van der Waals surface area contributed by atoms with Crippen molar-refractivity contribution in [2.45, 2.75) is 32.0 Å². The number of aromatic nitrogens is 2. The predicted octanol–water partition coefficient (Wildman–Crippen LogP) is 3.00. The standard InChI is InChI=1S/C14H15N3.C2HF3O2/c15-13-10-12(11-6-2-1-3-7-11)16-14-8-4-5-9-17(13)14;3-2(4,5)1(6)7/h1-3,6-7,10,15H,4-5,8-9H2;(H,6,7). The van der Waals surface area contributed by atoms with E-state index in [1.165, 1.54) is 6.42 Å². The largest absolute Gasteiger partial charge is 0.490 e. The predicted molar refractivity (Wildman–Crippen MR) is 80.1 cm³/mol. The van der Waals surface area contributed by atoms with Crippen LogP contribution < -0.4 is 5.49 Å². The van der Waals surface area contributed by atoms with Crippen molar-refractivity contribution < 1.29 is 23.1 Å². The molecule has 0 bridgehead atoms. The summed E-state index contributed by atoms with van der Waals surface area (Å²) >= 11 is 0. The third kappa shape index (κ3) is 4.43. The van der Waals surface area contributed by atoms with Crippen LogP contribution in [0.4, 0.5) is 13.2 Å². The molecule has 1 aliphatic rings. The molecular weight excluding hydrogens is 323 g/mol. The molecular formula is C16H16F3N3O2. The van der Waals surface area contributed by atoms with Crippen molar-refractivity contribution in [3.05, 3.63) is 47.7 Å². The molecule has 2 N–H and O–H groups in total. The average Bonchev–Trinajstić information content (AvgIpc) is 2.55. The summed E-state index contributed by atoms with van der Waals surface area (Å²) in [6.45, 7) is 0.941. The summed E-state index contributed by atoms with van der Waals surface area (Å²) in [5.74, 6) is -1.70. The summed E-state index contributed by atoms with van der Waals surface area (Å²) in [4.78, 5) is 13.6. The Bertz CT molecular complexity index is 770. The molecule has 1 aliphatic heterocycles. The Hall–Kier alpha value is -2.64. The molecule has 0 unspecified atom stereocenters. The van der Waals surface area contributed by atoms with E-state index < -0.39 is 12.1 Å². The first kappa shape index (κ1) is 17.7. The second kappa shape index (κ2) is 7.29. The Morgan fingerprint density at radius 3 is 2.42 bits per heavy atom. The molecule has 1 aromatic heterocycles. The number of rotatable bonds is 1. The number of hydrogen-bond acceptors (Lipinski definition) is 3. The number of nitrogens with zero attached hydrogens (tertiary/aromatic N) is 2. The number of fused-ring (bicyclic) bond motifs is 1. The lowest BCUT2D eigenvalue weighted by atomic mass is 10.1. The van der Waals surface area contributed by atoms with E-state index in [2.05, 4.69) is 4.98 Å². The molecule has 2 aromatic rings. The van der Waals surface area contributed by atoms with E-state index in [9.17, 15) is 13.2 Å². The number of nitrogens with one attached hydrogen (secondary N) is 1. The summed E-state index contributed by atoms with van der Waals surface area (Å²) < 4.78 is 33.8. The molecule has 2 heterocycles. The SMILES string of the molecule is N=c1cc(-c2ccccc2)nc2n1CCCC2.O=C(O)C(F)(F)F. The smallest absolute Gasteiger partial charge is 0.475 e. The molecule has 5 nitrogen and oxygen atoms in total. The minimum absolute atomic E-state index is 0.577. The van der Waals surface area contributed by atoms with Crippen molar-refractivity contribution in [3.8, 4) is 11.3 Å². The quantitative estimate of drug-likeness (QED) is 0.838. The van der Waals surface area contributed by atoms with Crippen molar-refractivity contribution in [1.29, 1.82) is 5.41 Å². The Labute approximate surface area is 135 Å². The number of hydrogen-bond donors (Lipinski definition) is 2. The third-order valence-corrected chi connectivity index (χ3v) is 3.47. The van der Waals surface area contributed by atoms with Gasteiger partial charge in [-0.3, -0.25) is 5.41 Å². The van der Waals surface area contributed by atoms with Crippen molar-refractivity contribution in [2.75, 3.05) is 0 Å². The zero-order chi connectivity index (χ0) is 17.7. The van der Waals surface area contributed by atoms with Gasteiger partial charge < -0.3 is 9.67 Å². The van der Waals surface area contributed by atoms with E-state index >= 15 is 0 Å². The van der Waals surface area contributed by atoms with Crippen molar-refractivity contribution >= 4 is 5.97 Å². The Morgan fingerprint density at radius 1 is 1.21 bits per heavy atom. The second-order valence-corrected chi connectivity index (χ2v) is 5.22. The molecule has 8 heteroatoms. The zero-order valence-electron chi connectivity index (χ0n) is 12.7. The molecule has 0 aliphatic carbocycles. The summed E-state index contributed by atoms with van der Waals surface area (Å²) in [5.41, 5.74) is 2.59. The summed E-state index contributed by atoms with van der Waals surface area (Å²) in [6, 6.07) is 12.0. The van der Waals surface area contributed by atoms with E-state index in [1.54, 1.807) is 0 Å². The Kier molecular flexibility index (Phi) is 5.38. The number of carbonyl (C=O) groups is 1. The average molecular weight is 339 g/mol. The van der Waals surface area contributed by atoms with Gasteiger partial charge in [-0.15, -0.1) is 0 Å². The van der Waals surface area contributed by atoms with E-state index in [0.717, 1.165) is 36.5 Å². The van der Waals surface area contributed by atoms with Crippen molar-refractivity contribution in [3.63, 3.8) is 0 Å². The van der Waals surface area contributed by atoms with E-state index in [-0.39, 0.29) is 0 Å².